The van der Waals surface area contributed by atoms with Gasteiger partial charge in [-0.15, -0.1) is 0 Å². The monoisotopic (exact) mass is 344 g/mol. The second-order valence-corrected chi connectivity index (χ2v) is 8.25. The van der Waals surface area contributed by atoms with E-state index >= 15 is 0 Å². The molecule has 0 aliphatic carbocycles. The number of hydrogen-bond acceptors (Lipinski definition) is 3. The number of hydrogen-bond donors (Lipinski definition) is 1. The third-order valence-electron chi connectivity index (χ3n) is 3.79. The van der Waals surface area contributed by atoms with Crippen LogP contribution in [0.25, 0.3) is 0 Å². The van der Waals surface area contributed by atoms with Crippen LogP contribution in [0.4, 0.5) is 0 Å². The van der Waals surface area contributed by atoms with Crippen LogP contribution in [0.5, 0.6) is 0 Å². The van der Waals surface area contributed by atoms with E-state index in [1.807, 2.05) is 32.0 Å². The number of sulfone groups is 1. The van der Waals surface area contributed by atoms with Gasteiger partial charge >= 0.3 is 0 Å². The third-order valence-corrected chi connectivity index (χ3v) is 5.71. The summed E-state index contributed by atoms with van der Waals surface area (Å²) >= 11 is 0. The standard InChI is InChI=1S/C20H24O3S/c1-16(2)13-14-19(15-20(21)17-9-5-3-6-10-17)24(22,23)18-11-7-4-8-12-18/h3-12,14,16,20-21H,13,15H2,1-2H3/b19-14+. The molecule has 0 heterocycles. The summed E-state index contributed by atoms with van der Waals surface area (Å²) in [6.07, 6.45) is 1.64. The van der Waals surface area contributed by atoms with E-state index in [4.69, 9.17) is 0 Å². The quantitative estimate of drug-likeness (QED) is 0.804. The molecule has 4 heteroatoms. The first-order valence-corrected chi connectivity index (χ1v) is 9.61. The van der Waals surface area contributed by atoms with Crippen molar-refractivity contribution in [3.63, 3.8) is 0 Å². The Bertz CT molecular complexity index is 763. The molecule has 0 saturated heterocycles. The number of allylic oxidation sites excluding steroid dienone is 1. The van der Waals surface area contributed by atoms with Crippen LogP contribution in [0.2, 0.25) is 0 Å². The molecule has 128 valence electrons. The van der Waals surface area contributed by atoms with E-state index in [2.05, 4.69) is 0 Å². The van der Waals surface area contributed by atoms with Crippen LogP contribution in [0.1, 0.15) is 38.4 Å². The maximum Gasteiger partial charge on any atom is 0.202 e. The van der Waals surface area contributed by atoms with Gasteiger partial charge in [0.1, 0.15) is 0 Å². The van der Waals surface area contributed by atoms with Crippen LogP contribution in [0.15, 0.2) is 76.5 Å². The molecule has 0 spiro atoms. The lowest BCUT2D eigenvalue weighted by atomic mass is 10.1. The highest BCUT2D eigenvalue weighted by molar-refractivity contribution is 7.95. The van der Waals surface area contributed by atoms with E-state index in [9.17, 15) is 13.5 Å². The van der Waals surface area contributed by atoms with E-state index in [0.717, 1.165) is 5.56 Å². The van der Waals surface area contributed by atoms with Crippen molar-refractivity contribution in [3.05, 3.63) is 77.2 Å². The molecular formula is C20H24O3S. The van der Waals surface area contributed by atoms with Crippen LogP contribution < -0.4 is 0 Å². The smallest absolute Gasteiger partial charge is 0.202 e. The zero-order valence-electron chi connectivity index (χ0n) is 14.1. The van der Waals surface area contributed by atoms with Crippen LogP contribution >= 0.6 is 0 Å². The Morgan fingerprint density at radius 2 is 1.54 bits per heavy atom. The van der Waals surface area contributed by atoms with E-state index < -0.39 is 15.9 Å². The van der Waals surface area contributed by atoms with Crippen molar-refractivity contribution in [3.8, 4) is 0 Å². The van der Waals surface area contributed by atoms with Gasteiger partial charge in [-0.25, -0.2) is 8.42 Å². The zero-order valence-corrected chi connectivity index (χ0v) is 14.9. The lowest BCUT2D eigenvalue weighted by molar-refractivity contribution is 0.180. The molecule has 1 atom stereocenters. The lowest BCUT2D eigenvalue weighted by Crippen LogP contribution is -2.10. The summed E-state index contributed by atoms with van der Waals surface area (Å²) in [6, 6.07) is 17.5. The van der Waals surface area contributed by atoms with E-state index in [1.165, 1.54) is 0 Å². The minimum Gasteiger partial charge on any atom is -0.388 e. The first-order valence-electron chi connectivity index (χ1n) is 8.13. The average molecular weight is 344 g/mol. The van der Waals surface area contributed by atoms with Crippen molar-refractivity contribution in [1.82, 2.24) is 0 Å². The summed E-state index contributed by atoms with van der Waals surface area (Å²) in [5.74, 6) is 0.347. The molecule has 0 radical (unpaired) electrons. The fourth-order valence-corrected chi connectivity index (χ4v) is 3.92. The molecule has 0 saturated carbocycles. The topological polar surface area (TPSA) is 54.4 Å². The summed E-state index contributed by atoms with van der Waals surface area (Å²) < 4.78 is 25.9. The highest BCUT2D eigenvalue weighted by Crippen LogP contribution is 2.29. The molecule has 0 fully saturated rings. The fraction of sp³-hybridized carbons (Fsp3) is 0.300. The van der Waals surface area contributed by atoms with Crippen molar-refractivity contribution in [1.29, 1.82) is 0 Å². The molecule has 0 bridgehead atoms. The lowest BCUT2D eigenvalue weighted by Gasteiger charge is -2.15. The van der Waals surface area contributed by atoms with Gasteiger partial charge in [0.2, 0.25) is 9.84 Å². The van der Waals surface area contributed by atoms with Crippen molar-refractivity contribution in [2.75, 3.05) is 0 Å². The van der Waals surface area contributed by atoms with Gasteiger partial charge in [-0.1, -0.05) is 68.5 Å². The SMILES string of the molecule is CC(C)C/C=C(\CC(O)c1ccccc1)S(=O)(=O)c1ccccc1. The normalized spacial score (nSPS) is 13.9. The van der Waals surface area contributed by atoms with E-state index in [1.54, 1.807) is 48.5 Å². The average Bonchev–Trinajstić information content (AvgIpc) is 2.59. The number of rotatable bonds is 7. The number of aliphatic hydroxyl groups is 1. The van der Waals surface area contributed by atoms with Gasteiger partial charge in [-0.3, -0.25) is 0 Å². The number of benzene rings is 2. The molecule has 2 aromatic rings. The Morgan fingerprint density at radius 3 is 2.08 bits per heavy atom. The van der Waals surface area contributed by atoms with Crippen molar-refractivity contribution < 1.29 is 13.5 Å². The molecule has 1 N–H and O–H groups in total. The highest BCUT2D eigenvalue weighted by atomic mass is 32.2. The van der Waals surface area contributed by atoms with Crippen molar-refractivity contribution >= 4 is 9.84 Å². The molecule has 0 aromatic heterocycles. The number of aliphatic hydroxyl groups excluding tert-OH is 1. The molecular weight excluding hydrogens is 320 g/mol. The second-order valence-electron chi connectivity index (χ2n) is 6.25. The first kappa shape index (κ1) is 18.4. The maximum absolute atomic E-state index is 12.9. The van der Waals surface area contributed by atoms with Crippen LogP contribution in [0.3, 0.4) is 0 Å². The van der Waals surface area contributed by atoms with Crippen molar-refractivity contribution in [2.45, 2.75) is 37.7 Å². The molecule has 0 amide bonds. The molecule has 2 aromatic carbocycles. The molecule has 1 unspecified atom stereocenters. The third kappa shape index (κ3) is 4.79. The van der Waals surface area contributed by atoms with Gasteiger partial charge in [-0.05, 0) is 30.0 Å². The molecule has 24 heavy (non-hydrogen) atoms. The molecule has 0 aliphatic rings. The van der Waals surface area contributed by atoms with Crippen molar-refractivity contribution in [2.24, 2.45) is 5.92 Å². The van der Waals surface area contributed by atoms with Crippen LogP contribution in [-0.4, -0.2) is 13.5 Å². The predicted octanol–water partition coefficient (Wildman–Crippen LogP) is 4.51. The van der Waals surface area contributed by atoms with Gasteiger partial charge in [0.15, 0.2) is 0 Å². The summed E-state index contributed by atoms with van der Waals surface area (Å²) in [5, 5.41) is 10.5. The highest BCUT2D eigenvalue weighted by Gasteiger charge is 2.23. The Morgan fingerprint density at radius 1 is 1.00 bits per heavy atom. The Labute approximate surface area is 144 Å². The predicted molar refractivity (Wildman–Crippen MR) is 97.2 cm³/mol. The Kier molecular flexibility index (Phi) is 6.35. The Hall–Kier alpha value is -1.91. The zero-order chi connectivity index (χ0) is 17.6. The summed E-state index contributed by atoms with van der Waals surface area (Å²) in [6.45, 7) is 4.08. The van der Waals surface area contributed by atoms with Gasteiger partial charge < -0.3 is 5.11 Å². The van der Waals surface area contributed by atoms with Gasteiger partial charge in [0, 0.05) is 11.3 Å². The largest absolute Gasteiger partial charge is 0.388 e. The minimum absolute atomic E-state index is 0.0773. The van der Waals surface area contributed by atoms with Gasteiger partial charge in [0.05, 0.1) is 11.0 Å². The summed E-state index contributed by atoms with van der Waals surface area (Å²) in [5.41, 5.74) is 0.719. The maximum atomic E-state index is 12.9. The van der Waals surface area contributed by atoms with E-state index in [-0.39, 0.29) is 16.2 Å². The summed E-state index contributed by atoms with van der Waals surface area (Å²) in [7, 11) is -3.60. The van der Waals surface area contributed by atoms with Crippen LogP contribution in [-0.2, 0) is 9.84 Å². The van der Waals surface area contributed by atoms with E-state index in [0.29, 0.717) is 12.3 Å². The van der Waals surface area contributed by atoms with Gasteiger partial charge in [-0.2, -0.15) is 0 Å². The second kappa shape index (κ2) is 8.27. The molecule has 3 nitrogen and oxygen atoms in total. The van der Waals surface area contributed by atoms with Crippen LogP contribution in [0, 0.1) is 5.92 Å². The molecule has 0 aliphatic heterocycles. The summed E-state index contributed by atoms with van der Waals surface area (Å²) in [4.78, 5) is 0.541. The Balaban J connectivity index is 2.34. The minimum atomic E-state index is -3.60. The molecule has 2 rings (SSSR count). The first-order chi connectivity index (χ1) is 11.4. The fourth-order valence-electron chi connectivity index (χ4n) is 2.40. The van der Waals surface area contributed by atoms with Gasteiger partial charge in [0.25, 0.3) is 0 Å².